The summed E-state index contributed by atoms with van der Waals surface area (Å²) in [6.07, 6.45) is 3.88. The molecule has 0 aliphatic carbocycles. The van der Waals surface area contributed by atoms with E-state index in [1.165, 1.54) is 10.5 Å². The van der Waals surface area contributed by atoms with Crippen molar-refractivity contribution in [3.8, 4) is 0 Å². The number of nitrogens with zero attached hydrogens (tertiary/aromatic N) is 2. The van der Waals surface area contributed by atoms with Crippen molar-refractivity contribution in [3.05, 3.63) is 96.3 Å². The molecular weight excluding hydrogens is 368 g/mol. The summed E-state index contributed by atoms with van der Waals surface area (Å²) in [5.74, 6) is -1.48. The number of esters is 1. The highest BCUT2D eigenvalue weighted by molar-refractivity contribution is 5.80. The lowest BCUT2D eigenvalue weighted by Gasteiger charge is -2.21. The highest BCUT2D eigenvalue weighted by Gasteiger charge is 2.16. The number of rotatable bonds is 9. The number of aromatic nitrogens is 1. The molecule has 0 amide bonds. The van der Waals surface area contributed by atoms with Gasteiger partial charge in [0.2, 0.25) is 0 Å². The van der Waals surface area contributed by atoms with E-state index in [4.69, 9.17) is 9.84 Å². The van der Waals surface area contributed by atoms with Crippen LogP contribution >= 0.6 is 0 Å². The Balaban J connectivity index is 1.53. The molecule has 1 N–H and O–H groups in total. The lowest BCUT2D eigenvalue weighted by Crippen LogP contribution is -2.35. The van der Waals surface area contributed by atoms with Crippen LogP contribution in [0.5, 0.6) is 0 Å². The second-order valence-electron chi connectivity index (χ2n) is 6.61. The number of benzene rings is 2. The number of carbonyl (C=O) groups is 2. The molecule has 0 spiro atoms. The van der Waals surface area contributed by atoms with Gasteiger partial charge < -0.3 is 14.7 Å². The van der Waals surface area contributed by atoms with Crippen molar-refractivity contribution in [3.63, 3.8) is 0 Å². The quantitative estimate of drug-likeness (QED) is 0.449. The minimum atomic E-state index is -1.01. The SMILES string of the molecule is O=C(O)CN(CC(=O)OCc1cc[n+](Cc2ccccc2)cc1)c1ccccc1. The molecule has 0 saturated carbocycles. The third-order valence-electron chi connectivity index (χ3n) is 4.34. The largest absolute Gasteiger partial charge is 0.480 e. The second-order valence-corrected chi connectivity index (χ2v) is 6.61. The van der Waals surface area contributed by atoms with Gasteiger partial charge in [0.25, 0.3) is 0 Å². The Morgan fingerprint density at radius 3 is 2.07 bits per heavy atom. The van der Waals surface area contributed by atoms with Crippen molar-refractivity contribution >= 4 is 17.6 Å². The van der Waals surface area contributed by atoms with Gasteiger partial charge in [-0.25, -0.2) is 4.57 Å². The summed E-state index contributed by atoms with van der Waals surface area (Å²) in [6, 6.07) is 22.9. The number of carboxylic acid groups (broad SMARTS) is 1. The van der Waals surface area contributed by atoms with E-state index in [1.54, 1.807) is 24.3 Å². The van der Waals surface area contributed by atoms with E-state index in [1.807, 2.05) is 53.4 Å². The summed E-state index contributed by atoms with van der Waals surface area (Å²) in [6.45, 7) is 0.504. The number of aliphatic carboxylic acids is 1. The van der Waals surface area contributed by atoms with Crippen LogP contribution in [0.1, 0.15) is 11.1 Å². The number of pyridine rings is 1. The van der Waals surface area contributed by atoms with Gasteiger partial charge in [-0.1, -0.05) is 48.5 Å². The molecule has 6 nitrogen and oxygen atoms in total. The van der Waals surface area contributed by atoms with Crippen molar-refractivity contribution in [1.82, 2.24) is 0 Å². The first kappa shape index (κ1) is 20.1. The van der Waals surface area contributed by atoms with Gasteiger partial charge in [-0.2, -0.15) is 0 Å². The molecule has 0 bridgehead atoms. The number of para-hydroxylation sites is 1. The van der Waals surface area contributed by atoms with Crippen molar-refractivity contribution < 1.29 is 24.0 Å². The Labute approximate surface area is 169 Å². The maximum absolute atomic E-state index is 12.2. The van der Waals surface area contributed by atoms with E-state index in [0.717, 1.165) is 12.1 Å². The molecule has 148 valence electrons. The molecule has 0 fully saturated rings. The van der Waals surface area contributed by atoms with E-state index in [-0.39, 0.29) is 19.7 Å². The van der Waals surface area contributed by atoms with E-state index in [0.29, 0.717) is 5.69 Å². The van der Waals surface area contributed by atoms with Crippen LogP contribution in [0.15, 0.2) is 85.2 Å². The standard InChI is InChI=1S/C23H22N2O4/c26-22(27)16-25(21-9-5-2-6-10-21)17-23(28)29-18-20-11-13-24(14-12-20)15-19-7-3-1-4-8-19/h1-14H,15-18H2/p+1. The van der Waals surface area contributed by atoms with Gasteiger partial charge in [-0.15, -0.1) is 0 Å². The van der Waals surface area contributed by atoms with Crippen LogP contribution < -0.4 is 9.47 Å². The van der Waals surface area contributed by atoms with Crippen molar-refractivity contribution in [2.75, 3.05) is 18.0 Å². The lowest BCUT2D eigenvalue weighted by molar-refractivity contribution is -0.688. The fourth-order valence-corrected chi connectivity index (χ4v) is 2.89. The topological polar surface area (TPSA) is 70.7 Å². The van der Waals surface area contributed by atoms with Crippen LogP contribution in [0.2, 0.25) is 0 Å². The van der Waals surface area contributed by atoms with E-state index < -0.39 is 11.9 Å². The van der Waals surface area contributed by atoms with Gasteiger partial charge in [0.1, 0.15) is 19.7 Å². The molecule has 0 aliphatic heterocycles. The number of hydrogen-bond donors (Lipinski definition) is 1. The van der Waals surface area contributed by atoms with Gasteiger partial charge >= 0.3 is 11.9 Å². The van der Waals surface area contributed by atoms with Gasteiger partial charge in [-0.05, 0) is 12.1 Å². The van der Waals surface area contributed by atoms with Crippen LogP contribution in [0, 0.1) is 0 Å². The first-order valence-electron chi connectivity index (χ1n) is 9.29. The second kappa shape index (κ2) is 10.0. The van der Waals surface area contributed by atoms with E-state index in [2.05, 4.69) is 12.1 Å². The third kappa shape index (κ3) is 6.46. The van der Waals surface area contributed by atoms with Gasteiger partial charge in [-0.3, -0.25) is 9.59 Å². The molecular formula is C23H23N2O4+. The summed E-state index contributed by atoms with van der Waals surface area (Å²) in [5.41, 5.74) is 2.73. The fraction of sp³-hybridized carbons (Fsp3) is 0.174. The number of anilines is 1. The maximum atomic E-state index is 12.2. The highest BCUT2D eigenvalue weighted by atomic mass is 16.5. The molecule has 1 aromatic heterocycles. The fourth-order valence-electron chi connectivity index (χ4n) is 2.89. The zero-order valence-electron chi connectivity index (χ0n) is 16.0. The zero-order valence-corrected chi connectivity index (χ0v) is 16.0. The minimum Gasteiger partial charge on any atom is -0.480 e. The summed E-state index contributed by atoms with van der Waals surface area (Å²) in [5, 5.41) is 9.10. The lowest BCUT2D eigenvalue weighted by atomic mass is 10.2. The number of ether oxygens (including phenoxy) is 1. The van der Waals surface area contributed by atoms with Crippen LogP contribution in [0.3, 0.4) is 0 Å². The first-order chi connectivity index (χ1) is 14.1. The van der Waals surface area contributed by atoms with Crippen LogP contribution in [-0.2, 0) is 27.5 Å². The molecule has 29 heavy (non-hydrogen) atoms. The monoisotopic (exact) mass is 391 g/mol. The molecule has 0 radical (unpaired) electrons. The normalized spacial score (nSPS) is 10.3. The molecule has 0 aliphatic rings. The molecule has 6 heteroatoms. The average Bonchev–Trinajstić information content (AvgIpc) is 2.74. The van der Waals surface area contributed by atoms with Gasteiger partial charge in [0.05, 0.1) is 0 Å². The Morgan fingerprint density at radius 2 is 1.45 bits per heavy atom. The Bertz CT molecular complexity index is 928. The molecule has 0 unspecified atom stereocenters. The molecule has 3 aromatic rings. The molecule has 3 rings (SSSR count). The van der Waals surface area contributed by atoms with Crippen molar-refractivity contribution in [1.29, 1.82) is 0 Å². The van der Waals surface area contributed by atoms with E-state index in [9.17, 15) is 9.59 Å². The maximum Gasteiger partial charge on any atom is 0.325 e. The first-order valence-corrected chi connectivity index (χ1v) is 9.29. The van der Waals surface area contributed by atoms with Gasteiger partial charge in [0.15, 0.2) is 18.9 Å². The number of hydrogen-bond acceptors (Lipinski definition) is 4. The number of carbonyl (C=O) groups excluding carboxylic acids is 1. The van der Waals surface area contributed by atoms with Crippen LogP contribution in [0.4, 0.5) is 5.69 Å². The molecule has 2 aromatic carbocycles. The molecule has 0 saturated heterocycles. The third-order valence-corrected chi connectivity index (χ3v) is 4.34. The van der Waals surface area contributed by atoms with Crippen molar-refractivity contribution in [2.45, 2.75) is 13.2 Å². The van der Waals surface area contributed by atoms with E-state index >= 15 is 0 Å². The van der Waals surface area contributed by atoms with Crippen LogP contribution in [0.25, 0.3) is 0 Å². The predicted octanol–water partition coefficient (Wildman–Crippen LogP) is 2.66. The summed E-state index contributed by atoms with van der Waals surface area (Å²) in [7, 11) is 0. The summed E-state index contributed by atoms with van der Waals surface area (Å²) < 4.78 is 7.38. The zero-order chi connectivity index (χ0) is 20.5. The smallest absolute Gasteiger partial charge is 0.325 e. The van der Waals surface area contributed by atoms with Gasteiger partial charge in [0, 0.05) is 28.9 Å². The number of carboxylic acids is 1. The van der Waals surface area contributed by atoms with Crippen molar-refractivity contribution in [2.24, 2.45) is 0 Å². The molecule has 1 heterocycles. The highest BCUT2D eigenvalue weighted by Crippen LogP contribution is 2.13. The molecule has 0 atom stereocenters. The van der Waals surface area contributed by atoms with Crippen LogP contribution in [-0.4, -0.2) is 30.1 Å². The Hall–Kier alpha value is -3.67. The summed E-state index contributed by atoms with van der Waals surface area (Å²) >= 11 is 0. The Kier molecular flexibility index (Phi) is 6.95. The Morgan fingerprint density at radius 1 is 0.828 bits per heavy atom. The predicted molar refractivity (Wildman–Crippen MR) is 108 cm³/mol. The minimum absolute atomic E-state index is 0.128. The summed E-state index contributed by atoms with van der Waals surface area (Å²) in [4.78, 5) is 24.8. The average molecular weight is 391 g/mol.